The van der Waals surface area contributed by atoms with Gasteiger partial charge in [-0.15, -0.1) is 0 Å². The Balaban J connectivity index is 1.16. The van der Waals surface area contributed by atoms with Gasteiger partial charge in [0.25, 0.3) is 5.91 Å². The zero-order valence-electron chi connectivity index (χ0n) is 21.2. The van der Waals surface area contributed by atoms with Crippen molar-refractivity contribution in [2.75, 3.05) is 25.3 Å². The van der Waals surface area contributed by atoms with Crippen LogP contribution >= 0.6 is 24.0 Å². The highest BCUT2D eigenvalue weighted by Gasteiger charge is 2.31. The first-order valence-electron chi connectivity index (χ1n) is 12.7. The lowest BCUT2D eigenvalue weighted by Crippen LogP contribution is -2.29. The minimum Gasteiger partial charge on any atom is -0.462 e. The fraction of sp³-hybridized carbons (Fsp3) is 0.357. The number of anilines is 1. The quantitative estimate of drug-likeness (QED) is 0.153. The molecular weight excluding hydrogens is 524 g/mol. The number of amides is 2. The van der Waals surface area contributed by atoms with Crippen LogP contribution < -0.4 is 14.8 Å². The van der Waals surface area contributed by atoms with E-state index in [9.17, 15) is 14.4 Å². The summed E-state index contributed by atoms with van der Waals surface area (Å²) >= 11 is 6.71. The molecule has 200 valence electrons. The molecule has 8 nitrogen and oxygen atoms in total. The van der Waals surface area contributed by atoms with Crippen LogP contribution in [0.1, 0.15) is 61.4 Å². The smallest absolute Gasteiger partial charge is 0.338 e. The van der Waals surface area contributed by atoms with Crippen molar-refractivity contribution in [3.8, 4) is 11.5 Å². The summed E-state index contributed by atoms with van der Waals surface area (Å²) in [7, 11) is 0. The Morgan fingerprint density at radius 2 is 1.87 bits per heavy atom. The second kappa shape index (κ2) is 13.4. The van der Waals surface area contributed by atoms with Gasteiger partial charge in [-0.1, -0.05) is 49.8 Å². The summed E-state index contributed by atoms with van der Waals surface area (Å²) in [6.45, 7) is 3.16. The fourth-order valence-electron chi connectivity index (χ4n) is 3.88. The van der Waals surface area contributed by atoms with Gasteiger partial charge in [0.15, 0.2) is 11.5 Å². The number of benzene rings is 2. The normalized spacial score (nSPS) is 15.3. The average Bonchev–Trinajstić information content (AvgIpc) is 3.48. The SMILES string of the molecule is CCCCOC(=O)c1ccc(NC(=O)CCCCCN2C(=O)C(=Cc3ccc4c(c3)OCO4)SC2=S)cc1. The number of esters is 1. The van der Waals surface area contributed by atoms with Crippen molar-refractivity contribution in [1.82, 2.24) is 4.90 Å². The molecule has 2 aromatic carbocycles. The van der Waals surface area contributed by atoms with Crippen molar-refractivity contribution < 1.29 is 28.6 Å². The van der Waals surface area contributed by atoms with Crippen molar-refractivity contribution in [2.24, 2.45) is 0 Å². The molecule has 2 aromatic rings. The maximum absolute atomic E-state index is 12.9. The lowest BCUT2D eigenvalue weighted by Gasteiger charge is -2.14. The number of fused-ring (bicyclic) bond motifs is 1. The number of carbonyl (C=O) groups excluding carboxylic acids is 3. The average molecular weight is 555 g/mol. The summed E-state index contributed by atoms with van der Waals surface area (Å²) in [6, 6.07) is 12.2. The zero-order valence-corrected chi connectivity index (χ0v) is 22.8. The van der Waals surface area contributed by atoms with Crippen LogP contribution in [0, 0.1) is 0 Å². The fourth-order valence-corrected chi connectivity index (χ4v) is 5.19. The lowest BCUT2D eigenvalue weighted by molar-refractivity contribution is -0.122. The molecule has 0 aromatic heterocycles. The first kappa shape index (κ1) is 27.7. The van der Waals surface area contributed by atoms with Crippen molar-refractivity contribution in [1.29, 1.82) is 0 Å². The van der Waals surface area contributed by atoms with Gasteiger partial charge in [-0.2, -0.15) is 0 Å². The predicted octanol–water partition coefficient (Wildman–Crippen LogP) is 5.77. The second-order valence-electron chi connectivity index (χ2n) is 8.87. The van der Waals surface area contributed by atoms with Crippen LogP contribution in [0.4, 0.5) is 5.69 Å². The largest absolute Gasteiger partial charge is 0.462 e. The minimum absolute atomic E-state index is 0.0967. The number of nitrogens with zero attached hydrogens (tertiary/aromatic N) is 1. The topological polar surface area (TPSA) is 94.2 Å². The highest BCUT2D eigenvalue weighted by atomic mass is 32.2. The first-order chi connectivity index (χ1) is 18.4. The molecule has 0 radical (unpaired) electrons. The molecule has 10 heteroatoms. The number of nitrogens with one attached hydrogen (secondary N) is 1. The third-order valence-corrected chi connectivity index (χ3v) is 7.37. The molecule has 1 N–H and O–H groups in total. The van der Waals surface area contributed by atoms with Gasteiger partial charge < -0.3 is 19.5 Å². The number of unbranched alkanes of at least 4 members (excludes halogenated alkanes) is 3. The molecule has 0 unspecified atom stereocenters. The van der Waals surface area contributed by atoms with Gasteiger partial charge in [0.2, 0.25) is 12.7 Å². The molecule has 2 amide bonds. The monoisotopic (exact) mass is 554 g/mol. The predicted molar refractivity (Wildman–Crippen MR) is 151 cm³/mol. The number of ether oxygens (including phenoxy) is 3. The van der Waals surface area contributed by atoms with E-state index in [0.29, 0.717) is 58.0 Å². The molecule has 2 aliphatic heterocycles. The Morgan fingerprint density at radius 1 is 1.08 bits per heavy atom. The summed E-state index contributed by atoms with van der Waals surface area (Å²) in [5.41, 5.74) is 1.94. The van der Waals surface area contributed by atoms with Gasteiger partial charge in [0, 0.05) is 18.7 Å². The maximum Gasteiger partial charge on any atom is 0.338 e. The van der Waals surface area contributed by atoms with E-state index in [1.54, 1.807) is 29.2 Å². The van der Waals surface area contributed by atoms with Gasteiger partial charge in [-0.3, -0.25) is 14.5 Å². The molecule has 4 rings (SSSR count). The van der Waals surface area contributed by atoms with Gasteiger partial charge in [0.05, 0.1) is 17.1 Å². The van der Waals surface area contributed by atoms with Crippen molar-refractivity contribution in [3.63, 3.8) is 0 Å². The Morgan fingerprint density at radius 3 is 2.66 bits per heavy atom. The van der Waals surface area contributed by atoms with Crippen LogP contribution in [0.2, 0.25) is 0 Å². The van der Waals surface area contributed by atoms with E-state index >= 15 is 0 Å². The minimum atomic E-state index is -0.360. The van der Waals surface area contributed by atoms with Gasteiger partial charge in [-0.05, 0) is 67.3 Å². The Hall–Kier alpha value is -3.37. The second-order valence-corrected chi connectivity index (χ2v) is 10.5. The summed E-state index contributed by atoms with van der Waals surface area (Å²) in [4.78, 5) is 39.3. The van der Waals surface area contributed by atoms with Crippen LogP contribution in [0.3, 0.4) is 0 Å². The molecule has 0 spiro atoms. The Kier molecular flexibility index (Phi) is 9.78. The van der Waals surface area contributed by atoms with Gasteiger partial charge >= 0.3 is 5.97 Å². The highest BCUT2D eigenvalue weighted by Crippen LogP contribution is 2.36. The number of thiocarbonyl (C=S) groups is 1. The summed E-state index contributed by atoms with van der Waals surface area (Å²) in [5.74, 6) is 0.800. The number of carbonyl (C=O) groups is 3. The molecule has 2 aliphatic rings. The summed E-state index contributed by atoms with van der Waals surface area (Å²) < 4.78 is 16.5. The lowest BCUT2D eigenvalue weighted by atomic mass is 10.1. The van der Waals surface area contributed by atoms with Crippen molar-refractivity contribution in [2.45, 2.75) is 45.4 Å². The summed E-state index contributed by atoms with van der Waals surface area (Å²) in [5, 5.41) is 2.85. The molecule has 0 atom stereocenters. The molecule has 1 saturated heterocycles. The van der Waals surface area contributed by atoms with E-state index in [2.05, 4.69) is 5.32 Å². The van der Waals surface area contributed by atoms with Crippen LogP contribution in [0.25, 0.3) is 6.08 Å². The van der Waals surface area contributed by atoms with E-state index < -0.39 is 0 Å². The Bertz CT molecular complexity index is 1230. The first-order valence-corrected chi connectivity index (χ1v) is 13.9. The van der Waals surface area contributed by atoms with E-state index in [1.165, 1.54) is 11.8 Å². The van der Waals surface area contributed by atoms with E-state index in [1.807, 2.05) is 31.2 Å². The standard InChI is InChI=1S/C28H30N2O6S2/c1-2-3-15-34-27(33)20-9-11-21(12-10-20)29-25(31)7-5-4-6-14-30-26(32)24(38-28(30)37)17-19-8-13-22-23(16-19)36-18-35-22/h8-13,16-17H,2-7,14-15,18H2,1H3,(H,29,31). The Labute approximate surface area is 231 Å². The maximum atomic E-state index is 12.9. The molecule has 0 aliphatic carbocycles. The third kappa shape index (κ3) is 7.35. The van der Waals surface area contributed by atoms with Crippen molar-refractivity contribution >= 4 is 57.8 Å². The zero-order chi connectivity index (χ0) is 26.9. The number of hydrogen-bond acceptors (Lipinski definition) is 8. The third-order valence-electron chi connectivity index (χ3n) is 5.99. The molecule has 1 fully saturated rings. The number of hydrogen-bond donors (Lipinski definition) is 1. The molecule has 0 saturated carbocycles. The van der Waals surface area contributed by atoms with Gasteiger partial charge in [-0.25, -0.2) is 4.79 Å². The molecule has 38 heavy (non-hydrogen) atoms. The summed E-state index contributed by atoms with van der Waals surface area (Å²) in [6.07, 6.45) is 6.19. The van der Waals surface area contributed by atoms with Gasteiger partial charge in [0.1, 0.15) is 4.32 Å². The van der Waals surface area contributed by atoms with E-state index in [0.717, 1.165) is 31.2 Å². The van der Waals surface area contributed by atoms with E-state index in [-0.39, 0.29) is 24.6 Å². The molecule has 2 heterocycles. The van der Waals surface area contributed by atoms with Crippen LogP contribution in [-0.4, -0.2) is 46.9 Å². The van der Waals surface area contributed by atoms with Crippen LogP contribution in [0.15, 0.2) is 47.4 Å². The number of rotatable bonds is 12. The van der Waals surface area contributed by atoms with Crippen molar-refractivity contribution in [3.05, 3.63) is 58.5 Å². The molecular formula is C28H30N2O6S2. The molecule has 0 bridgehead atoms. The van der Waals surface area contributed by atoms with E-state index in [4.69, 9.17) is 26.4 Å². The highest BCUT2D eigenvalue weighted by molar-refractivity contribution is 8.26. The number of thioether (sulfide) groups is 1. The van der Waals surface area contributed by atoms with Crippen LogP contribution in [-0.2, 0) is 14.3 Å². The van der Waals surface area contributed by atoms with Crippen LogP contribution in [0.5, 0.6) is 11.5 Å².